The molecule has 96 valence electrons. The van der Waals surface area contributed by atoms with Crippen molar-refractivity contribution in [2.24, 2.45) is 0 Å². The lowest BCUT2D eigenvalue weighted by atomic mass is 10.3. The highest BCUT2D eigenvalue weighted by Crippen LogP contribution is 2.12. The third kappa shape index (κ3) is 4.66. The molecular formula is C12H21N3O2. The second kappa shape index (κ2) is 7.19. The highest BCUT2D eigenvalue weighted by molar-refractivity contribution is 5.38. The van der Waals surface area contributed by atoms with E-state index in [0.29, 0.717) is 19.3 Å². The molecule has 1 N–H and O–H groups in total. The monoisotopic (exact) mass is 239 g/mol. The van der Waals surface area contributed by atoms with E-state index in [1.807, 2.05) is 19.1 Å². The summed E-state index contributed by atoms with van der Waals surface area (Å²) in [6.07, 6.45) is 0. The van der Waals surface area contributed by atoms with Gasteiger partial charge in [0.05, 0.1) is 25.5 Å². The van der Waals surface area contributed by atoms with Gasteiger partial charge in [-0.3, -0.25) is 0 Å². The Kier molecular flexibility index (Phi) is 5.86. The lowest BCUT2D eigenvalue weighted by Crippen LogP contribution is -2.35. The highest BCUT2D eigenvalue weighted by Gasteiger charge is 2.11. The molecule has 0 saturated heterocycles. The second-order valence-corrected chi connectivity index (χ2v) is 4.16. The predicted octanol–water partition coefficient (Wildman–Crippen LogP) is 1.01. The summed E-state index contributed by atoms with van der Waals surface area (Å²) in [7, 11) is 0. The van der Waals surface area contributed by atoms with Crippen LogP contribution in [0.4, 0.5) is 5.82 Å². The summed E-state index contributed by atoms with van der Waals surface area (Å²) in [5.74, 6) is 0.859. The molecule has 1 rings (SSSR count). The summed E-state index contributed by atoms with van der Waals surface area (Å²) in [6, 6.07) is 4.26. The van der Waals surface area contributed by atoms with Crippen LogP contribution in [0.5, 0.6) is 0 Å². The van der Waals surface area contributed by atoms with Gasteiger partial charge in [-0.2, -0.15) is 5.10 Å². The van der Waals surface area contributed by atoms with Gasteiger partial charge in [-0.25, -0.2) is 0 Å². The minimum atomic E-state index is 0.0615. The SMILES string of the molecule is Cc1ccc(N(CCOCCO)C(C)C)nn1. The van der Waals surface area contributed by atoms with Crippen LogP contribution in [0.1, 0.15) is 19.5 Å². The smallest absolute Gasteiger partial charge is 0.151 e. The van der Waals surface area contributed by atoms with Crippen molar-refractivity contribution in [1.29, 1.82) is 0 Å². The number of anilines is 1. The average Bonchev–Trinajstić information content (AvgIpc) is 2.30. The Bertz CT molecular complexity index is 314. The quantitative estimate of drug-likeness (QED) is 0.720. The highest BCUT2D eigenvalue weighted by atomic mass is 16.5. The van der Waals surface area contributed by atoms with Gasteiger partial charge in [-0.05, 0) is 32.9 Å². The number of rotatable bonds is 7. The van der Waals surface area contributed by atoms with Crippen molar-refractivity contribution >= 4 is 5.82 Å². The van der Waals surface area contributed by atoms with Crippen LogP contribution >= 0.6 is 0 Å². The van der Waals surface area contributed by atoms with Gasteiger partial charge in [0, 0.05) is 12.6 Å². The van der Waals surface area contributed by atoms with Gasteiger partial charge in [-0.15, -0.1) is 5.10 Å². The molecule has 0 aliphatic carbocycles. The van der Waals surface area contributed by atoms with E-state index in [2.05, 4.69) is 28.9 Å². The minimum Gasteiger partial charge on any atom is -0.394 e. The van der Waals surface area contributed by atoms with Gasteiger partial charge >= 0.3 is 0 Å². The molecule has 0 spiro atoms. The minimum absolute atomic E-state index is 0.0615. The molecule has 1 aromatic heterocycles. The molecule has 0 bridgehead atoms. The van der Waals surface area contributed by atoms with Crippen LogP contribution in [-0.4, -0.2) is 47.7 Å². The van der Waals surface area contributed by atoms with Crippen LogP contribution in [0.15, 0.2) is 12.1 Å². The third-order valence-electron chi connectivity index (χ3n) is 2.41. The van der Waals surface area contributed by atoms with E-state index in [9.17, 15) is 0 Å². The maximum Gasteiger partial charge on any atom is 0.151 e. The fourth-order valence-corrected chi connectivity index (χ4v) is 1.51. The zero-order valence-corrected chi connectivity index (χ0v) is 10.8. The van der Waals surface area contributed by atoms with Gasteiger partial charge < -0.3 is 14.7 Å². The Hall–Kier alpha value is -1.20. The molecule has 5 nitrogen and oxygen atoms in total. The van der Waals surface area contributed by atoms with Crippen molar-refractivity contribution in [3.63, 3.8) is 0 Å². The maximum absolute atomic E-state index is 8.63. The summed E-state index contributed by atoms with van der Waals surface area (Å²) < 4.78 is 5.27. The Morgan fingerprint density at radius 3 is 2.59 bits per heavy atom. The lowest BCUT2D eigenvalue weighted by molar-refractivity contribution is 0.0960. The molecule has 0 aliphatic rings. The Balaban J connectivity index is 2.56. The number of aliphatic hydroxyl groups excluding tert-OH is 1. The zero-order valence-electron chi connectivity index (χ0n) is 10.8. The van der Waals surface area contributed by atoms with Crippen molar-refractivity contribution < 1.29 is 9.84 Å². The maximum atomic E-state index is 8.63. The summed E-state index contributed by atoms with van der Waals surface area (Å²) in [6.45, 7) is 7.89. The van der Waals surface area contributed by atoms with E-state index in [1.54, 1.807) is 0 Å². The van der Waals surface area contributed by atoms with Crippen molar-refractivity contribution in [2.45, 2.75) is 26.8 Å². The predicted molar refractivity (Wildman–Crippen MR) is 67.2 cm³/mol. The first-order valence-electron chi connectivity index (χ1n) is 5.90. The van der Waals surface area contributed by atoms with Crippen LogP contribution in [0.25, 0.3) is 0 Å². The first-order chi connectivity index (χ1) is 8.15. The number of aliphatic hydroxyl groups is 1. The second-order valence-electron chi connectivity index (χ2n) is 4.16. The Labute approximate surface area is 102 Å². The first kappa shape index (κ1) is 13.9. The van der Waals surface area contributed by atoms with E-state index >= 15 is 0 Å². The molecule has 0 radical (unpaired) electrons. The summed E-state index contributed by atoms with van der Waals surface area (Å²) in [5.41, 5.74) is 0.911. The molecule has 5 heteroatoms. The van der Waals surface area contributed by atoms with Gasteiger partial charge in [0.15, 0.2) is 5.82 Å². The van der Waals surface area contributed by atoms with Crippen molar-refractivity contribution in [2.75, 3.05) is 31.3 Å². The molecule has 0 atom stereocenters. The third-order valence-corrected chi connectivity index (χ3v) is 2.41. The standard InChI is InChI=1S/C12H21N3O2/c1-10(2)15(6-8-17-9-7-16)12-5-4-11(3)13-14-12/h4-5,10,16H,6-9H2,1-3H3. The van der Waals surface area contributed by atoms with E-state index in [4.69, 9.17) is 9.84 Å². The molecule has 0 unspecified atom stereocenters. The summed E-state index contributed by atoms with van der Waals surface area (Å²) in [4.78, 5) is 2.13. The molecule has 1 heterocycles. The zero-order chi connectivity index (χ0) is 12.7. The number of aryl methyl sites for hydroxylation is 1. The topological polar surface area (TPSA) is 58.5 Å². The first-order valence-corrected chi connectivity index (χ1v) is 5.90. The van der Waals surface area contributed by atoms with Crippen LogP contribution in [-0.2, 0) is 4.74 Å². The van der Waals surface area contributed by atoms with Crippen LogP contribution in [0.2, 0.25) is 0 Å². The number of aromatic nitrogens is 2. The van der Waals surface area contributed by atoms with E-state index in [0.717, 1.165) is 18.1 Å². The number of ether oxygens (including phenoxy) is 1. The molecule has 0 amide bonds. The summed E-state index contributed by atoms with van der Waals surface area (Å²) >= 11 is 0. The van der Waals surface area contributed by atoms with Crippen LogP contribution in [0, 0.1) is 6.92 Å². The molecule has 0 fully saturated rings. The van der Waals surface area contributed by atoms with Crippen LogP contribution in [0.3, 0.4) is 0 Å². The fraction of sp³-hybridized carbons (Fsp3) is 0.667. The molecular weight excluding hydrogens is 218 g/mol. The number of hydrogen-bond acceptors (Lipinski definition) is 5. The van der Waals surface area contributed by atoms with E-state index in [-0.39, 0.29) is 6.61 Å². The lowest BCUT2D eigenvalue weighted by Gasteiger charge is -2.27. The van der Waals surface area contributed by atoms with Gasteiger partial charge in [0.25, 0.3) is 0 Å². The summed E-state index contributed by atoms with van der Waals surface area (Å²) in [5, 5.41) is 16.9. The number of nitrogens with zero attached hydrogens (tertiary/aromatic N) is 3. The van der Waals surface area contributed by atoms with Crippen LogP contribution < -0.4 is 4.90 Å². The Morgan fingerprint density at radius 2 is 2.06 bits per heavy atom. The normalized spacial score (nSPS) is 10.9. The molecule has 0 aromatic carbocycles. The van der Waals surface area contributed by atoms with Gasteiger partial charge in [0.2, 0.25) is 0 Å². The number of hydrogen-bond donors (Lipinski definition) is 1. The largest absolute Gasteiger partial charge is 0.394 e. The van der Waals surface area contributed by atoms with Gasteiger partial charge in [-0.1, -0.05) is 0 Å². The molecule has 0 aliphatic heterocycles. The van der Waals surface area contributed by atoms with Crippen molar-refractivity contribution in [3.05, 3.63) is 17.8 Å². The van der Waals surface area contributed by atoms with Crippen molar-refractivity contribution in [3.8, 4) is 0 Å². The molecule has 1 aromatic rings. The van der Waals surface area contributed by atoms with E-state index in [1.165, 1.54) is 0 Å². The van der Waals surface area contributed by atoms with Gasteiger partial charge in [0.1, 0.15) is 0 Å². The van der Waals surface area contributed by atoms with E-state index < -0.39 is 0 Å². The molecule has 0 saturated carbocycles. The van der Waals surface area contributed by atoms with Crippen molar-refractivity contribution in [1.82, 2.24) is 10.2 Å². The average molecular weight is 239 g/mol. The fourth-order valence-electron chi connectivity index (χ4n) is 1.51. The molecule has 17 heavy (non-hydrogen) atoms. The Morgan fingerprint density at radius 1 is 1.29 bits per heavy atom.